The number of amides is 1. The van der Waals surface area contributed by atoms with Crippen LogP contribution in [0.1, 0.15) is 16.7 Å². The highest BCUT2D eigenvalue weighted by Crippen LogP contribution is 2.25. The first-order valence-electron chi connectivity index (χ1n) is 8.33. The molecule has 2 aromatic carbocycles. The molecule has 25 heavy (non-hydrogen) atoms. The van der Waals surface area contributed by atoms with Gasteiger partial charge in [-0.1, -0.05) is 35.9 Å². The lowest BCUT2D eigenvalue weighted by molar-refractivity contribution is -0.126. The molecule has 0 aromatic heterocycles. The van der Waals surface area contributed by atoms with Crippen molar-refractivity contribution in [2.24, 2.45) is 0 Å². The van der Waals surface area contributed by atoms with Crippen LogP contribution in [0.4, 0.5) is 5.69 Å². The molecule has 2 unspecified atom stereocenters. The molecule has 1 aliphatic heterocycles. The molecule has 132 valence electrons. The van der Waals surface area contributed by atoms with Crippen LogP contribution in [0.3, 0.4) is 0 Å². The Labute approximate surface area is 147 Å². The van der Waals surface area contributed by atoms with E-state index in [1.54, 1.807) is 7.11 Å². The van der Waals surface area contributed by atoms with E-state index in [4.69, 9.17) is 4.74 Å². The van der Waals surface area contributed by atoms with Crippen LogP contribution in [-0.2, 0) is 11.2 Å². The van der Waals surface area contributed by atoms with Gasteiger partial charge >= 0.3 is 0 Å². The molecule has 2 atom stereocenters. The van der Waals surface area contributed by atoms with Gasteiger partial charge in [-0.05, 0) is 43.5 Å². The van der Waals surface area contributed by atoms with Crippen LogP contribution in [0, 0.1) is 13.8 Å². The number of methoxy groups -OCH3 is 1. The number of benzene rings is 2. The van der Waals surface area contributed by atoms with Crippen LogP contribution in [0.25, 0.3) is 0 Å². The van der Waals surface area contributed by atoms with Gasteiger partial charge in [0.05, 0.1) is 12.8 Å². The zero-order valence-electron chi connectivity index (χ0n) is 14.7. The Bertz CT molecular complexity index is 746. The summed E-state index contributed by atoms with van der Waals surface area (Å²) in [5.74, 6) is 0.673. The van der Waals surface area contributed by atoms with E-state index in [0.717, 1.165) is 22.6 Å². The van der Waals surface area contributed by atoms with Crippen LogP contribution in [0.5, 0.6) is 5.75 Å². The van der Waals surface area contributed by atoms with Gasteiger partial charge in [-0.2, -0.15) is 0 Å². The maximum Gasteiger partial charge on any atom is 0.241 e. The average molecular weight is 340 g/mol. The minimum Gasteiger partial charge on any atom is -0.495 e. The van der Waals surface area contributed by atoms with Gasteiger partial charge < -0.3 is 15.4 Å². The molecule has 1 aliphatic rings. The van der Waals surface area contributed by atoms with Crippen LogP contribution < -0.4 is 26.2 Å². The van der Waals surface area contributed by atoms with Crippen LogP contribution in [0.15, 0.2) is 42.5 Å². The third-order valence-corrected chi connectivity index (χ3v) is 4.22. The molecule has 1 amide bonds. The molecule has 2 aromatic rings. The zero-order chi connectivity index (χ0) is 17.8. The molecular weight excluding hydrogens is 316 g/mol. The monoisotopic (exact) mass is 340 g/mol. The minimum absolute atomic E-state index is 0.0524. The van der Waals surface area contributed by atoms with E-state index in [1.807, 2.05) is 44.2 Å². The first-order chi connectivity index (χ1) is 12.0. The Morgan fingerprint density at radius 1 is 1.04 bits per heavy atom. The molecule has 6 heteroatoms. The quantitative estimate of drug-likeness (QED) is 0.668. The second kappa shape index (κ2) is 7.55. The number of hydrogen-bond acceptors (Lipinski definition) is 5. The third-order valence-electron chi connectivity index (χ3n) is 4.22. The fourth-order valence-corrected chi connectivity index (χ4v) is 2.79. The fourth-order valence-electron chi connectivity index (χ4n) is 2.79. The lowest BCUT2D eigenvalue weighted by atomic mass is 10.0. The summed E-state index contributed by atoms with van der Waals surface area (Å²) in [5, 5.41) is 6.17. The number of hydrogen-bond donors (Lipinski definition) is 4. The van der Waals surface area contributed by atoms with Crippen LogP contribution >= 0.6 is 0 Å². The standard InChI is InChI=1S/C19H24N4O2/c1-12-4-7-14(8-5-12)11-16-18(24)21-19(23-22-16)20-15-10-13(2)6-9-17(15)25-3/h4-10,16,19-20,22-23H,11H2,1-3H3,(H,21,24). The summed E-state index contributed by atoms with van der Waals surface area (Å²) in [5.41, 5.74) is 10.4. The third kappa shape index (κ3) is 4.29. The summed E-state index contributed by atoms with van der Waals surface area (Å²) in [4.78, 5) is 12.4. The molecule has 3 rings (SSSR count). The van der Waals surface area contributed by atoms with Crippen LogP contribution in [-0.4, -0.2) is 25.3 Å². The van der Waals surface area contributed by atoms with Crippen molar-refractivity contribution in [1.82, 2.24) is 16.2 Å². The van der Waals surface area contributed by atoms with Crippen molar-refractivity contribution in [1.29, 1.82) is 0 Å². The SMILES string of the molecule is COc1ccc(C)cc1NC1NNC(Cc2ccc(C)cc2)C(=O)N1. The lowest BCUT2D eigenvalue weighted by Crippen LogP contribution is -2.68. The second-order valence-electron chi connectivity index (χ2n) is 6.32. The molecule has 1 fully saturated rings. The largest absolute Gasteiger partial charge is 0.495 e. The number of carbonyl (C=O) groups excluding carboxylic acids is 1. The summed E-state index contributed by atoms with van der Waals surface area (Å²) >= 11 is 0. The van der Waals surface area contributed by atoms with Crippen LogP contribution in [0.2, 0.25) is 0 Å². The molecule has 1 saturated heterocycles. The van der Waals surface area contributed by atoms with Gasteiger partial charge in [-0.3, -0.25) is 4.79 Å². The van der Waals surface area contributed by atoms with Crippen molar-refractivity contribution < 1.29 is 9.53 Å². The van der Waals surface area contributed by atoms with E-state index in [9.17, 15) is 4.79 Å². The van der Waals surface area contributed by atoms with E-state index in [1.165, 1.54) is 5.56 Å². The Kier molecular flexibility index (Phi) is 5.21. The molecular formula is C19H24N4O2. The van der Waals surface area contributed by atoms with Gasteiger partial charge in [-0.25, -0.2) is 10.9 Å². The fraction of sp³-hybridized carbons (Fsp3) is 0.316. The Hall–Kier alpha value is -2.57. The van der Waals surface area contributed by atoms with Crippen molar-refractivity contribution in [2.45, 2.75) is 32.6 Å². The van der Waals surface area contributed by atoms with Gasteiger partial charge in [-0.15, -0.1) is 0 Å². The average Bonchev–Trinajstić information content (AvgIpc) is 2.59. The van der Waals surface area contributed by atoms with Crippen molar-refractivity contribution in [3.63, 3.8) is 0 Å². The van der Waals surface area contributed by atoms with Gasteiger partial charge in [0.1, 0.15) is 11.8 Å². The lowest BCUT2D eigenvalue weighted by Gasteiger charge is -2.32. The number of aryl methyl sites for hydroxylation is 2. The first kappa shape index (κ1) is 17.3. The van der Waals surface area contributed by atoms with Gasteiger partial charge in [0.2, 0.25) is 5.91 Å². The van der Waals surface area contributed by atoms with Gasteiger partial charge in [0.25, 0.3) is 0 Å². The van der Waals surface area contributed by atoms with E-state index < -0.39 is 6.29 Å². The second-order valence-corrected chi connectivity index (χ2v) is 6.32. The molecule has 4 N–H and O–H groups in total. The molecule has 0 bridgehead atoms. The van der Waals surface area contributed by atoms with Gasteiger partial charge in [0, 0.05) is 0 Å². The smallest absolute Gasteiger partial charge is 0.241 e. The number of anilines is 1. The zero-order valence-corrected chi connectivity index (χ0v) is 14.7. The summed E-state index contributed by atoms with van der Waals surface area (Å²) < 4.78 is 5.36. The number of hydrazine groups is 1. The molecule has 1 heterocycles. The predicted octanol–water partition coefficient (Wildman–Crippen LogP) is 1.84. The van der Waals surface area contributed by atoms with Crippen molar-refractivity contribution >= 4 is 11.6 Å². The highest BCUT2D eigenvalue weighted by atomic mass is 16.5. The van der Waals surface area contributed by atoms with Crippen molar-refractivity contribution in [3.8, 4) is 5.75 Å². The Balaban J connectivity index is 1.61. The normalized spacial score (nSPS) is 20.0. The summed E-state index contributed by atoms with van der Waals surface area (Å²) in [7, 11) is 1.62. The van der Waals surface area contributed by atoms with Crippen molar-refractivity contribution in [2.75, 3.05) is 12.4 Å². The molecule has 0 saturated carbocycles. The highest BCUT2D eigenvalue weighted by molar-refractivity contribution is 5.83. The number of rotatable bonds is 5. The van der Waals surface area contributed by atoms with Crippen molar-refractivity contribution in [3.05, 3.63) is 59.2 Å². The molecule has 0 spiro atoms. The number of nitrogens with one attached hydrogen (secondary N) is 4. The first-order valence-corrected chi connectivity index (χ1v) is 8.33. The Morgan fingerprint density at radius 2 is 1.76 bits per heavy atom. The highest BCUT2D eigenvalue weighted by Gasteiger charge is 2.27. The van der Waals surface area contributed by atoms with E-state index in [0.29, 0.717) is 6.42 Å². The molecule has 0 radical (unpaired) electrons. The maximum absolute atomic E-state index is 12.4. The number of carbonyl (C=O) groups is 1. The van der Waals surface area contributed by atoms with Gasteiger partial charge in [0.15, 0.2) is 6.29 Å². The predicted molar refractivity (Wildman–Crippen MR) is 98.2 cm³/mol. The van der Waals surface area contributed by atoms with E-state index >= 15 is 0 Å². The summed E-state index contributed by atoms with van der Waals surface area (Å²) in [6.07, 6.45) is 0.206. The Morgan fingerprint density at radius 3 is 2.44 bits per heavy atom. The topological polar surface area (TPSA) is 74.4 Å². The number of ether oxygens (including phenoxy) is 1. The summed E-state index contributed by atoms with van der Waals surface area (Å²) in [6.45, 7) is 4.06. The maximum atomic E-state index is 12.4. The summed E-state index contributed by atoms with van der Waals surface area (Å²) in [6, 6.07) is 13.7. The molecule has 0 aliphatic carbocycles. The van der Waals surface area contributed by atoms with E-state index in [-0.39, 0.29) is 11.9 Å². The van der Waals surface area contributed by atoms with E-state index in [2.05, 4.69) is 33.6 Å². The molecule has 6 nitrogen and oxygen atoms in total. The minimum atomic E-state index is -0.419.